The van der Waals surface area contributed by atoms with E-state index >= 15 is 0 Å². The number of aryl methyl sites for hydroxylation is 3. The number of amides is 2. The molecule has 0 radical (unpaired) electrons. The minimum Gasteiger partial charge on any atom is -0.350 e. The van der Waals surface area contributed by atoms with Crippen molar-refractivity contribution in [2.45, 2.75) is 53.1 Å². The Morgan fingerprint density at radius 3 is 2.44 bits per heavy atom. The van der Waals surface area contributed by atoms with Crippen LogP contribution in [0.3, 0.4) is 0 Å². The van der Waals surface area contributed by atoms with E-state index in [0.717, 1.165) is 23.1 Å². The third-order valence-corrected chi connectivity index (χ3v) is 5.43. The molecule has 0 saturated carbocycles. The summed E-state index contributed by atoms with van der Waals surface area (Å²) in [7, 11) is 0. The molecule has 0 unspecified atom stereocenters. The molecule has 2 aromatic carbocycles. The lowest BCUT2D eigenvalue weighted by Crippen LogP contribution is -2.47. The van der Waals surface area contributed by atoms with Gasteiger partial charge in [0.05, 0.1) is 0 Å². The summed E-state index contributed by atoms with van der Waals surface area (Å²) in [5.74, 6) is -0.0873. The lowest BCUT2D eigenvalue weighted by Gasteiger charge is -2.36. The van der Waals surface area contributed by atoms with Crippen LogP contribution in [0.15, 0.2) is 36.4 Å². The third-order valence-electron chi connectivity index (χ3n) is 5.43. The molecule has 4 heteroatoms. The molecule has 1 aliphatic rings. The van der Waals surface area contributed by atoms with Crippen molar-refractivity contribution < 1.29 is 9.59 Å². The van der Waals surface area contributed by atoms with Gasteiger partial charge in [0, 0.05) is 19.5 Å². The summed E-state index contributed by atoms with van der Waals surface area (Å²) >= 11 is 0. The van der Waals surface area contributed by atoms with Gasteiger partial charge in [-0.3, -0.25) is 9.59 Å². The topological polar surface area (TPSA) is 49.4 Å². The molecule has 0 saturated heterocycles. The van der Waals surface area contributed by atoms with Crippen LogP contribution in [-0.2, 0) is 22.6 Å². The van der Waals surface area contributed by atoms with Crippen molar-refractivity contribution in [2.24, 2.45) is 0 Å². The SMILES string of the molecule is CCC(=O)N1CCc2ccccc2[C@H]1C(=O)NCc1c(C)cc(C)cc1C. The molecule has 1 atom stereocenters. The molecular formula is C23H28N2O2. The second kappa shape index (κ2) is 7.95. The van der Waals surface area contributed by atoms with E-state index in [0.29, 0.717) is 19.5 Å². The Morgan fingerprint density at radius 2 is 1.78 bits per heavy atom. The van der Waals surface area contributed by atoms with Crippen molar-refractivity contribution in [1.82, 2.24) is 10.2 Å². The average molecular weight is 364 g/mol. The van der Waals surface area contributed by atoms with Gasteiger partial charge in [-0.2, -0.15) is 0 Å². The smallest absolute Gasteiger partial charge is 0.247 e. The highest BCUT2D eigenvalue weighted by Crippen LogP contribution is 2.30. The molecule has 1 heterocycles. The van der Waals surface area contributed by atoms with E-state index in [9.17, 15) is 9.59 Å². The molecule has 0 aliphatic carbocycles. The van der Waals surface area contributed by atoms with Crippen LogP contribution < -0.4 is 5.32 Å². The third kappa shape index (κ3) is 3.90. The second-order valence-corrected chi connectivity index (χ2v) is 7.39. The Kier molecular flexibility index (Phi) is 5.64. The van der Waals surface area contributed by atoms with Crippen molar-refractivity contribution in [2.75, 3.05) is 6.54 Å². The molecule has 0 spiro atoms. The van der Waals surface area contributed by atoms with E-state index in [1.165, 1.54) is 16.7 Å². The van der Waals surface area contributed by atoms with Crippen molar-refractivity contribution >= 4 is 11.8 Å². The number of carbonyl (C=O) groups is 2. The van der Waals surface area contributed by atoms with Gasteiger partial charge in [0.1, 0.15) is 6.04 Å². The van der Waals surface area contributed by atoms with Crippen molar-refractivity contribution in [3.63, 3.8) is 0 Å². The fraction of sp³-hybridized carbons (Fsp3) is 0.391. The molecule has 0 bridgehead atoms. The van der Waals surface area contributed by atoms with Gasteiger partial charge in [-0.1, -0.05) is 48.9 Å². The van der Waals surface area contributed by atoms with E-state index in [2.05, 4.69) is 44.3 Å². The van der Waals surface area contributed by atoms with Crippen LogP contribution in [0.1, 0.15) is 52.8 Å². The van der Waals surface area contributed by atoms with E-state index in [-0.39, 0.29) is 11.8 Å². The summed E-state index contributed by atoms with van der Waals surface area (Å²) in [6.45, 7) is 9.13. The molecule has 142 valence electrons. The molecule has 2 aromatic rings. The van der Waals surface area contributed by atoms with Crippen LogP contribution in [0.25, 0.3) is 0 Å². The van der Waals surface area contributed by atoms with Gasteiger partial charge in [0.15, 0.2) is 0 Å². The van der Waals surface area contributed by atoms with Crippen molar-refractivity contribution in [1.29, 1.82) is 0 Å². The first kappa shape index (κ1) is 19.2. The van der Waals surface area contributed by atoms with Crippen LogP contribution in [0.5, 0.6) is 0 Å². The van der Waals surface area contributed by atoms with Gasteiger partial charge in [-0.25, -0.2) is 0 Å². The number of nitrogens with one attached hydrogen (secondary N) is 1. The first-order chi connectivity index (χ1) is 12.9. The highest BCUT2D eigenvalue weighted by Gasteiger charge is 2.34. The van der Waals surface area contributed by atoms with E-state index in [4.69, 9.17) is 0 Å². The molecule has 4 nitrogen and oxygen atoms in total. The normalized spacial score (nSPS) is 16.0. The van der Waals surface area contributed by atoms with E-state index in [1.54, 1.807) is 4.90 Å². The van der Waals surface area contributed by atoms with Crippen LogP contribution in [0.2, 0.25) is 0 Å². The van der Waals surface area contributed by atoms with Gasteiger partial charge >= 0.3 is 0 Å². The van der Waals surface area contributed by atoms with Crippen molar-refractivity contribution in [3.8, 4) is 0 Å². The number of hydrogen-bond acceptors (Lipinski definition) is 2. The molecule has 0 aromatic heterocycles. The first-order valence-electron chi connectivity index (χ1n) is 9.64. The number of rotatable bonds is 4. The predicted octanol–water partition coefficient (Wildman–Crippen LogP) is 3.76. The Bertz CT molecular complexity index is 849. The van der Waals surface area contributed by atoms with Gasteiger partial charge in [0.25, 0.3) is 0 Å². The molecule has 2 amide bonds. The molecule has 1 aliphatic heterocycles. The maximum Gasteiger partial charge on any atom is 0.247 e. The van der Waals surface area contributed by atoms with Crippen LogP contribution in [0, 0.1) is 20.8 Å². The summed E-state index contributed by atoms with van der Waals surface area (Å²) in [4.78, 5) is 27.3. The summed E-state index contributed by atoms with van der Waals surface area (Å²) in [5, 5.41) is 3.09. The minimum atomic E-state index is -0.548. The number of benzene rings is 2. The molecular weight excluding hydrogens is 336 g/mol. The molecule has 27 heavy (non-hydrogen) atoms. The average Bonchev–Trinajstić information content (AvgIpc) is 2.65. The van der Waals surface area contributed by atoms with Gasteiger partial charge < -0.3 is 10.2 Å². The first-order valence-corrected chi connectivity index (χ1v) is 9.64. The minimum absolute atomic E-state index is 0.0207. The Balaban J connectivity index is 1.86. The zero-order valence-corrected chi connectivity index (χ0v) is 16.6. The zero-order valence-electron chi connectivity index (χ0n) is 16.6. The lowest BCUT2D eigenvalue weighted by molar-refractivity contribution is -0.141. The summed E-state index contributed by atoms with van der Waals surface area (Å²) in [5.41, 5.74) is 6.82. The zero-order chi connectivity index (χ0) is 19.6. The lowest BCUT2D eigenvalue weighted by atomic mass is 9.91. The van der Waals surface area contributed by atoms with Gasteiger partial charge in [-0.15, -0.1) is 0 Å². The second-order valence-electron chi connectivity index (χ2n) is 7.39. The van der Waals surface area contributed by atoms with E-state index in [1.807, 2.05) is 25.1 Å². The highest BCUT2D eigenvalue weighted by molar-refractivity contribution is 5.89. The predicted molar refractivity (Wildman–Crippen MR) is 107 cm³/mol. The molecule has 1 N–H and O–H groups in total. The standard InChI is InChI=1S/C23H28N2O2/c1-5-21(26)25-11-10-18-8-6-7-9-19(18)22(25)23(27)24-14-20-16(3)12-15(2)13-17(20)4/h6-9,12-13,22H,5,10-11,14H2,1-4H3,(H,24,27)/t22-/m0/s1. The Hall–Kier alpha value is -2.62. The van der Waals surface area contributed by atoms with Crippen LogP contribution in [0.4, 0.5) is 0 Å². The van der Waals surface area contributed by atoms with E-state index < -0.39 is 6.04 Å². The number of nitrogens with zero attached hydrogens (tertiary/aromatic N) is 1. The number of fused-ring (bicyclic) bond motifs is 1. The fourth-order valence-electron chi connectivity index (χ4n) is 4.08. The number of hydrogen-bond donors (Lipinski definition) is 1. The summed E-state index contributed by atoms with van der Waals surface area (Å²) in [6.07, 6.45) is 1.20. The quantitative estimate of drug-likeness (QED) is 0.898. The molecule has 3 rings (SSSR count). The van der Waals surface area contributed by atoms with Gasteiger partial charge in [0.2, 0.25) is 11.8 Å². The Labute approximate surface area is 161 Å². The Morgan fingerprint density at radius 1 is 1.11 bits per heavy atom. The highest BCUT2D eigenvalue weighted by atomic mass is 16.2. The molecule has 0 fully saturated rings. The maximum atomic E-state index is 13.1. The summed E-state index contributed by atoms with van der Waals surface area (Å²) in [6, 6.07) is 11.7. The maximum absolute atomic E-state index is 13.1. The van der Waals surface area contributed by atoms with Crippen molar-refractivity contribution in [3.05, 3.63) is 69.8 Å². The van der Waals surface area contributed by atoms with Gasteiger partial charge in [-0.05, 0) is 55.0 Å². The van der Waals surface area contributed by atoms with Crippen LogP contribution >= 0.6 is 0 Å². The largest absolute Gasteiger partial charge is 0.350 e. The van der Waals surface area contributed by atoms with Crippen LogP contribution in [-0.4, -0.2) is 23.3 Å². The fourth-order valence-corrected chi connectivity index (χ4v) is 4.08. The number of carbonyl (C=O) groups excluding carboxylic acids is 2. The summed E-state index contributed by atoms with van der Waals surface area (Å²) < 4.78 is 0. The monoisotopic (exact) mass is 364 g/mol.